The second kappa shape index (κ2) is 9.55. The predicted molar refractivity (Wildman–Crippen MR) is 94.1 cm³/mol. The Morgan fingerprint density at radius 3 is 2.78 bits per heavy atom. The Labute approximate surface area is 143 Å². The van der Waals surface area contributed by atoms with Gasteiger partial charge in [-0.15, -0.1) is 12.4 Å². The van der Waals surface area contributed by atoms with Gasteiger partial charge in [-0.2, -0.15) is 0 Å². The third-order valence-electron chi connectivity index (χ3n) is 3.68. The van der Waals surface area contributed by atoms with Crippen molar-refractivity contribution in [1.82, 2.24) is 10.2 Å². The van der Waals surface area contributed by atoms with Crippen molar-refractivity contribution in [2.45, 2.75) is 19.9 Å². The fourth-order valence-electron chi connectivity index (χ4n) is 2.44. The van der Waals surface area contributed by atoms with Gasteiger partial charge in [-0.3, -0.25) is 4.79 Å². The number of hydrogen-bond acceptors (Lipinski definition) is 4. The van der Waals surface area contributed by atoms with Crippen LogP contribution in [0.5, 0.6) is 0 Å². The van der Waals surface area contributed by atoms with Crippen molar-refractivity contribution < 1.29 is 13.9 Å². The van der Waals surface area contributed by atoms with Crippen LogP contribution in [0.2, 0.25) is 0 Å². The second-order valence-electron chi connectivity index (χ2n) is 5.27. The number of halogens is 1. The molecule has 5 nitrogen and oxygen atoms in total. The highest BCUT2D eigenvalue weighted by Crippen LogP contribution is 2.27. The number of para-hydroxylation sites is 1. The molecule has 0 aliphatic heterocycles. The lowest BCUT2D eigenvalue weighted by Gasteiger charge is -2.17. The second-order valence-corrected chi connectivity index (χ2v) is 5.27. The Morgan fingerprint density at radius 1 is 1.35 bits per heavy atom. The Balaban J connectivity index is 0.00000264. The summed E-state index contributed by atoms with van der Waals surface area (Å²) in [6.45, 7) is 4.21. The van der Waals surface area contributed by atoms with Gasteiger partial charge in [-0.25, -0.2) is 0 Å². The summed E-state index contributed by atoms with van der Waals surface area (Å²) in [5.74, 6) is 1.01. The molecule has 1 aromatic carbocycles. The summed E-state index contributed by atoms with van der Waals surface area (Å²) >= 11 is 0. The lowest BCUT2D eigenvalue weighted by Crippen LogP contribution is -2.36. The number of aryl methyl sites for hydroxylation is 1. The van der Waals surface area contributed by atoms with Crippen molar-refractivity contribution in [2.75, 3.05) is 33.9 Å². The highest BCUT2D eigenvalue weighted by atomic mass is 35.5. The fourth-order valence-corrected chi connectivity index (χ4v) is 2.44. The molecule has 1 aromatic heterocycles. The Hall–Kier alpha value is -1.56. The summed E-state index contributed by atoms with van der Waals surface area (Å²) in [7, 11) is 3.47. The van der Waals surface area contributed by atoms with E-state index in [-0.39, 0.29) is 18.3 Å². The number of furan rings is 1. The molecule has 2 rings (SSSR count). The van der Waals surface area contributed by atoms with Crippen molar-refractivity contribution in [2.24, 2.45) is 0 Å². The summed E-state index contributed by atoms with van der Waals surface area (Å²) in [6.07, 6.45) is 0.818. The van der Waals surface area contributed by atoms with Gasteiger partial charge in [0.15, 0.2) is 0 Å². The average Bonchev–Trinajstić information content (AvgIpc) is 2.89. The predicted octanol–water partition coefficient (Wildman–Crippen LogP) is 2.61. The zero-order valence-electron chi connectivity index (χ0n) is 13.9. The molecule has 6 heteroatoms. The summed E-state index contributed by atoms with van der Waals surface area (Å²) in [4.78, 5) is 13.9. The van der Waals surface area contributed by atoms with E-state index in [4.69, 9.17) is 9.15 Å². The number of nitrogens with zero attached hydrogens (tertiary/aromatic N) is 1. The first kappa shape index (κ1) is 19.5. The van der Waals surface area contributed by atoms with Gasteiger partial charge < -0.3 is 19.4 Å². The van der Waals surface area contributed by atoms with Crippen LogP contribution in [0.25, 0.3) is 11.0 Å². The molecule has 0 atom stereocenters. The van der Waals surface area contributed by atoms with Crippen LogP contribution in [-0.2, 0) is 22.5 Å². The van der Waals surface area contributed by atoms with E-state index in [1.807, 2.05) is 31.3 Å². The van der Waals surface area contributed by atoms with Crippen LogP contribution in [0.3, 0.4) is 0 Å². The van der Waals surface area contributed by atoms with Gasteiger partial charge in [-0.1, -0.05) is 25.1 Å². The van der Waals surface area contributed by atoms with Gasteiger partial charge in [0.05, 0.1) is 13.2 Å². The Kier molecular flexibility index (Phi) is 8.09. The molecule has 0 saturated carbocycles. The summed E-state index contributed by atoms with van der Waals surface area (Å²) in [5, 5.41) is 4.16. The standard InChI is InChI=1S/C17H24N2O3.ClH/c1-4-15-14(13-7-5-6-8-16(13)22-15)12-19(2)17(20)11-18-9-10-21-3;/h5-8,18H,4,9-12H2,1-3H3;1H. The largest absolute Gasteiger partial charge is 0.461 e. The van der Waals surface area contributed by atoms with Crippen molar-refractivity contribution in [3.8, 4) is 0 Å². The Bertz CT molecular complexity index is 627. The fraction of sp³-hybridized carbons (Fsp3) is 0.471. The number of ether oxygens (including phenoxy) is 1. The van der Waals surface area contributed by atoms with Crippen LogP contribution < -0.4 is 5.32 Å². The molecule has 23 heavy (non-hydrogen) atoms. The van der Waals surface area contributed by atoms with Gasteiger partial charge in [-0.05, 0) is 6.07 Å². The number of carbonyl (C=O) groups excluding carboxylic acids is 1. The number of amides is 1. The minimum atomic E-state index is 0. The van der Waals surface area contributed by atoms with E-state index in [9.17, 15) is 4.79 Å². The van der Waals surface area contributed by atoms with Gasteiger partial charge >= 0.3 is 0 Å². The van der Waals surface area contributed by atoms with E-state index in [0.29, 0.717) is 26.2 Å². The van der Waals surface area contributed by atoms with E-state index in [1.165, 1.54) is 0 Å². The van der Waals surface area contributed by atoms with Crippen molar-refractivity contribution >= 4 is 29.3 Å². The topological polar surface area (TPSA) is 54.7 Å². The molecule has 0 aliphatic carbocycles. The van der Waals surface area contributed by atoms with Crippen molar-refractivity contribution in [1.29, 1.82) is 0 Å². The number of likely N-dealkylation sites (N-methyl/N-ethyl adjacent to an activating group) is 1. The molecule has 0 fully saturated rings. The first-order valence-corrected chi connectivity index (χ1v) is 7.60. The van der Waals surface area contributed by atoms with E-state index >= 15 is 0 Å². The third kappa shape index (κ3) is 4.96. The molecule has 0 spiro atoms. The maximum Gasteiger partial charge on any atom is 0.236 e. The lowest BCUT2D eigenvalue weighted by molar-refractivity contribution is -0.129. The lowest BCUT2D eigenvalue weighted by atomic mass is 10.1. The van der Waals surface area contributed by atoms with E-state index in [1.54, 1.807) is 12.0 Å². The van der Waals surface area contributed by atoms with E-state index in [2.05, 4.69) is 12.2 Å². The maximum absolute atomic E-state index is 12.2. The zero-order chi connectivity index (χ0) is 15.9. The van der Waals surface area contributed by atoms with E-state index in [0.717, 1.165) is 28.7 Å². The van der Waals surface area contributed by atoms with Crippen LogP contribution in [0.15, 0.2) is 28.7 Å². The third-order valence-corrected chi connectivity index (χ3v) is 3.68. The number of methoxy groups -OCH3 is 1. The number of fused-ring (bicyclic) bond motifs is 1. The van der Waals surface area contributed by atoms with Crippen molar-refractivity contribution in [3.05, 3.63) is 35.6 Å². The summed E-state index contributed by atoms with van der Waals surface area (Å²) in [6, 6.07) is 7.97. The molecule has 0 aliphatic rings. The first-order valence-electron chi connectivity index (χ1n) is 7.60. The normalized spacial score (nSPS) is 10.6. The highest BCUT2D eigenvalue weighted by molar-refractivity contribution is 5.85. The molecule has 128 valence electrons. The number of nitrogens with one attached hydrogen (secondary N) is 1. The van der Waals surface area contributed by atoms with Gasteiger partial charge in [0.2, 0.25) is 5.91 Å². The number of benzene rings is 1. The number of hydrogen-bond donors (Lipinski definition) is 1. The Morgan fingerprint density at radius 2 is 2.09 bits per heavy atom. The quantitative estimate of drug-likeness (QED) is 0.750. The molecule has 1 N–H and O–H groups in total. The molecule has 1 heterocycles. The first-order chi connectivity index (χ1) is 10.7. The van der Waals surface area contributed by atoms with Crippen LogP contribution in [-0.4, -0.2) is 44.7 Å². The van der Waals surface area contributed by atoms with Crippen LogP contribution in [0.1, 0.15) is 18.2 Å². The van der Waals surface area contributed by atoms with E-state index < -0.39 is 0 Å². The number of carbonyl (C=O) groups is 1. The minimum absolute atomic E-state index is 0. The maximum atomic E-state index is 12.2. The molecule has 0 radical (unpaired) electrons. The molecule has 0 saturated heterocycles. The molecule has 0 unspecified atom stereocenters. The SMILES string of the molecule is CCc1oc2ccccc2c1CN(C)C(=O)CNCCOC.Cl. The molecular weight excluding hydrogens is 316 g/mol. The van der Waals surface area contributed by atoms with Crippen molar-refractivity contribution in [3.63, 3.8) is 0 Å². The highest BCUT2D eigenvalue weighted by Gasteiger charge is 2.16. The minimum Gasteiger partial charge on any atom is -0.461 e. The van der Waals surface area contributed by atoms with Crippen LogP contribution in [0.4, 0.5) is 0 Å². The molecule has 0 bridgehead atoms. The van der Waals surface area contributed by atoms with Crippen LogP contribution in [0, 0.1) is 0 Å². The van der Waals surface area contributed by atoms with Gasteiger partial charge in [0.1, 0.15) is 11.3 Å². The van der Waals surface area contributed by atoms with Gasteiger partial charge in [0, 0.05) is 44.6 Å². The van der Waals surface area contributed by atoms with Crippen LogP contribution >= 0.6 is 12.4 Å². The smallest absolute Gasteiger partial charge is 0.236 e. The number of rotatable bonds is 8. The molecule has 1 amide bonds. The average molecular weight is 341 g/mol. The molecular formula is C17H25ClN2O3. The summed E-state index contributed by atoms with van der Waals surface area (Å²) in [5.41, 5.74) is 1.99. The zero-order valence-corrected chi connectivity index (χ0v) is 14.7. The molecule has 2 aromatic rings. The monoisotopic (exact) mass is 340 g/mol. The van der Waals surface area contributed by atoms with Gasteiger partial charge in [0.25, 0.3) is 0 Å². The summed E-state index contributed by atoms with van der Waals surface area (Å²) < 4.78 is 10.8.